The summed E-state index contributed by atoms with van der Waals surface area (Å²) in [7, 11) is 0. The van der Waals surface area contributed by atoms with Crippen molar-refractivity contribution in [2.45, 2.75) is 0 Å². The summed E-state index contributed by atoms with van der Waals surface area (Å²) in [5.41, 5.74) is 1.13. The van der Waals surface area contributed by atoms with Crippen molar-refractivity contribution in [3.8, 4) is 11.3 Å². The third-order valence-electron chi connectivity index (χ3n) is 3.39. The zero-order valence-electron chi connectivity index (χ0n) is 13.4. The quantitative estimate of drug-likeness (QED) is 0.428. The highest BCUT2D eigenvalue weighted by Crippen LogP contribution is 2.34. The van der Waals surface area contributed by atoms with E-state index in [-0.39, 0.29) is 10.9 Å². The minimum atomic E-state index is -0.523. The minimum Gasteiger partial charge on any atom is -0.451 e. The molecular weight excluding hydrogens is 450 g/mol. The van der Waals surface area contributed by atoms with E-state index in [0.717, 1.165) is 0 Å². The third-order valence-corrected chi connectivity index (χ3v) is 4.85. The van der Waals surface area contributed by atoms with Gasteiger partial charge in [0.25, 0.3) is 5.91 Å². The van der Waals surface area contributed by atoms with Crippen LogP contribution in [-0.4, -0.2) is 11.0 Å². The summed E-state index contributed by atoms with van der Waals surface area (Å²) in [6.45, 7) is 0. The maximum atomic E-state index is 12.3. The zero-order chi connectivity index (χ0) is 19.6. The minimum absolute atomic E-state index is 0.0642. The van der Waals surface area contributed by atoms with Gasteiger partial charge in [0.2, 0.25) is 0 Å². The number of furan rings is 1. The molecule has 2 N–H and O–H groups in total. The molecule has 0 saturated heterocycles. The molecular formula is C18H10Cl4N2O2S. The number of nitrogens with one attached hydrogen (secondary N) is 2. The fourth-order valence-electron chi connectivity index (χ4n) is 2.25. The number of halogens is 4. The molecule has 0 unspecified atom stereocenters. The van der Waals surface area contributed by atoms with Crippen LogP contribution in [0.1, 0.15) is 10.6 Å². The Balaban J connectivity index is 1.70. The van der Waals surface area contributed by atoms with E-state index >= 15 is 0 Å². The predicted octanol–water partition coefficient (Wildman–Crippen LogP) is 6.69. The maximum absolute atomic E-state index is 12.3. The van der Waals surface area contributed by atoms with Crippen LogP contribution in [0.3, 0.4) is 0 Å². The van der Waals surface area contributed by atoms with Gasteiger partial charge in [0, 0.05) is 21.3 Å². The average Bonchev–Trinajstić information content (AvgIpc) is 3.06. The van der Waals surface area contributed by atoms with Gasteiger partial charge in [-0.05, 0) is 54.7 Å². The smallest absolute Gasteiger partial charge is 0.293 e. The van der Waals surface area contributed by atoms with Gasteiger partial charge >= 0.3 is 0 Å². The summed E-state index contributed by atoms with van der Waals surface area (Å²) in [5.74, 6) is -0.0486. The van der Waals surface area contributed by atoms with Gasteiger partial charge in [-0.1, -0.05) is 52.5 Å². The highest BCUT2D eigenvalue weighted by Gasteiger charge is 2.16. The Morgan fingerprint density at radius 1 is 0.963 bits per heavy atom. The van der Waals surface area contributed by atoms with Crippen molar-refractivity contribution in [3.05, 3.63) is 74.4 Å². The lowest BCUT2D eigenvalue weighted by Gasteiger charge is -2.09. The molecule has 0 bridgehead atoms. The topological polar surface area (TPSA) is 54.3 Å². The van der Waals surface area contributed by atoms with Crippen LogP contribution in [0.4, 0.5) is 5.69 Å². The molecule has 1 amide bonds. The second kappa shape index (κ2) is 8.50. The molecule has 0 fully saturated rings. The van der Waals surface area contributed by atoms with Crippen molar-refractivity contribution in [3.63, 3.8) is 0 Å². The number of thiocarbonyl (C=S) groups is 1. The van der Waals surface area contributed by atoms with E-state index in [1.54, 1.807) is 42.5 Å². The number of anilines is 1. The third kappa shape index (κ3) is 4.94. The standard InChI is InChI=1S/C18H10Cl4N2O2S/c19-9-6-10(20)8-11(7-9)23-18(27)24-17(25)15-5-4-14(26-15)12-2-1-3-13(21)16(12)22/h1-8H,(H2,23,24,25,27). The first kappa shape index (κ1) is 20.0. The molecule has 0 spiro atoms. The molecule has 2 aromatic carbocycles. The van der Waals surface area contributed by atoms with E-state index in [1.807, 2.05) is 0 Å². The lowest BCUT2D eigenvalue weighted by atomic mass is 10.2. The normalized spacial score (nSPS) is 10.5. The Hall–Kier alpha value is -1.76. The van der Waals surface area contributed by atoms with Gasteiger partial charge in [0.05, 0.1) is 10.0 Å². The van der Waals surface area contributed by atoms with E-state index in [2.05, 4.69) is 10.6 Å². The lowest BCUT2D eigenvalue weighted by molar-refractivity contribution is 0.0951. The Morgan fingerprint density at radius 3 is 2.37 bits per heavy atom. The van der Waals surface area contributed by atoms with Gasteiger partial charge in [0.1, 0.15) is 5.76 Å². The van der Waals surface area contributed by atoms with Gasteiger partial charge in [-0.3, -0.25) is 10.1 Å². The van der Waals surface area contributed by atoms with Crippen LogP contribution >= 0.6 is 58.6 Å². The summed E-state index contributed by atoms with van der Waals surface area (Å²) in [4.78, 5) is 12.3. The number of hydrogen-bond acceptors (Lipinski definition) is 3. The Kier molecular flexibility index (Phi) is 6.29. The number of carbonyl (C=O) groups excluding carboxylic acids is 1. The van der Waals surface area contributed by atoms with Gasteiger partial charge in [-0.25, -0.2) is 0 Å². The van der Waals surface area contributed by atoms with Crippen LogP contribution in [0.2, 0.25) is 20.1 Å². The Bertz CT molecular complexity index is 1020. The Morgan fingerprint density at radius 2 is 1.67 bits per heavy atom. The monoisotopic (exact) mass is 458 g/mol. The molecule has 0 radical (unpaired) electrons. The summed E-state index contributed by atoms with van der Waals surface area (Å²) >= 11 is 29.2. The molecule has 0 atom stereocenters. The average molecular weight is 460 g/mol. The van der Waals surface area contributed by atoms with Crippen LogP contribution in [0.15, 0.2) is 52.9 Å². The first-order chi connectivity index (χ1) is 12.8. The van der Waals surface area contributed by atoms with E-state index in [9.17, 15) is 4.79 Å². The molecule has 9 heteroatoms. The zero-order valence-corrected chi connectivity index (χ0v) is 17.2. The molecule has 0 aliphatic carbocycles. The maximum Gasteiger partial charge on any atom is 0.293 e. The van der Waals surface area contributed by atoms with Crippen LogP contribution in [-0.2, 0) is 0 Å². The number of rotatable bonds is 3. The van der Waals surface area contributed by atoms with Crippen molar-refractivity contribution in [2.24, 2.45) is 0 Å². The van der Waals surface area contributed by atoms with E-state index in [0.29, 0.717) is 37.1 Å². The highest BCUT2D eigenvalue weighted by atomic mass is 35.5. The molecule has 0 aliphatic rings. The number of hydrogen-bond donors (Lipinski definition) is 2. The lowest BCUT2D eigenvalue weighted by Crippen LogP contribution is -2.33. The molecule has 27 heavy (non-hydrogen) atoms. The largest absolute Gasteiger partial charge is 0.451 e. The van der Waals surface area contributed by atoms with Crippen molar-refractivity contribution in [1.29, 1.82) is 0 Å². The fraction of sp³-hybridized carbons (Fsp3) is 0. The van der Waals surface area contributed by atoms with Gasteiger partial charge in [-0.2, -0.15) is 0 Å². The predicted molar refractivity (Wildman–Crippen MR) is 114 cm³/mol. The van der Waals surface area contributed by atoms with Gasteiger partial charge in [-0.15, -0.1) is 0 Å². The Labute approximate surface area is 180 Å². The summed E-state index contributed by atoms with van der Waals surface area (Å²) < 4.78 is 5.57. The molecule has 0 saturated carbocycles. The molecule has 3 rings (SSSR count). The fourth-order valence-corrected chi connectivity index (χ4v) is 3.38. The summed E-state index contributed by atoms with van der Waals surface area (Å²) in [6.07, 6.45) is 0. The number of benzene rings is 2. The molecule has 1 heterocycles. The summed E-state index contributed by atoms with van der Waals surface area (Å²) in [5, 5.41) is 7.02. The molecule has 4 nitrogen and oxygen atoms in total. The van der Waals surface area contributed by atoms with E-state index in [1.165, 1.54) is 6.07 Å². The van der Waals surface area contributed by atoms with Crippen molar-refractivity contribution >= 4 is 75.3 Å². The summed E-state index contributed by atoms with van der Waals surface area (Å²) in [6, 6.07) is 13.1. The van der Waals surface area contributed by atoms with Gasteiger partial charge in [0.15, 0.2) is 10.9 Å². The van der Waals surface area contributed by atoms with Crippen molar-refractivity contribution < 1.29 is 9.21 Å². The van der Waals surface area contributed by atoms with Crippen molar-refractivity contribution in [2.75, 3.05) is 5.32 Å². The molecule has 3 aromatic rings. The second-order valence-corrected chi connectivity index (χ2v) is 7.40. The first-order valence-corrected chi connectivity index (χ1v) is 9.38. The first-order valence-electron chi connectivity index (χ1n) is 7.46. The number of amides is 1. The van der Waals surface area contributed by atoms with Crippen molar-refractivity contribution in [1.82, 2.24) is 5.32 Å². The van der Waals surface area contributed by atoms with Crippen LogP contribution < -0.4 is 10.6 Å². The molecule has 0 aliphatic heterocycles. The molecule has 138 valence electrons. The van der Waals surface area contributed by atoms with E-state index in [4.69, 9.17) is 63.0 Å². The second-order valence-electron chi connectivity index (χ2n) is 5.33. The highest BCUT2D eigenvalue weighted by molar-refractivity contribution is 7.80. The van der Waals surface area contributed by atoms with Gasteiger partial charge < -0.3 is 9.73 Å². The van der Waals surface area contributed by atoms with Crippen LogP contribution in [0.25, 0.3) is 11.3 Å². The molecule has 1 aromatic heterocycles. The van der Waals surface area contributed by atoms with Crippen LogP contribution in [0.5, 0.6) is 0 Å². The number of carbonyl (C=O) groups is 1. The van der Waals surface area contributed by atoms with E-state index < -0.39 is 5.91 Å². The SMILES string of the molecule is O=C(NC(=S)Nc1cc(Cl)cc(Cl)c1)c1ccc(-c2cccc(Cl)c2Cl)o1. The van der Waals surface area contributed by atoms with Crippen LogP contribution in [0, 0.1) is 0 Å².